The maximum absolute atomic E-state index is 11.7. The lowest BCUT2D eigenvalue weighted by atomic mass is 10.1. The van der Waals surface area contributed by atoms with Crippen molar-refractivity contribution in [2.24, 2.45) is 4.99 Å². The van der Waals surface area contributed by atoms with Crippen molar-refractivity contribution in [3.63, 3.8) is 0 Å². The van der Waals surface area contributed by atoms with Crippen LogP contribution in [0, 0.1) is 0 Å². The number of guanidine groups is 1. The number of benzene rings is 1. The van der Waals surface area contributed by atoms with Crippen LogP contribution >= 0.6 is 11.8 Å². The van der Waals surface area contributed by atoms with Crippen LogP contribution in [0.1, 0.15) is 35.7 Å². The van der Waals surface area contributed by atoms with E-state index >= 15 is 0 Å². The van der Waals surface area contributed by atoms with E-state index in [4.69, 9.17) is 0 Å². The first-order valence-corrected chi connectivity index (χ1v) is 9.44. The van der Waals surface area contributed by atoms with Crippen molar-refractivity contribution in [3.8, 4) is 0 Å². The van der Waals surface area contributed by atoms with Crippen molar-refractivity contribution < 1.29 is 4.79 Å². The molecule has 24 heavy (non-hydrogen) atoms. The highest BCUT2D eigenvalue weighted by atomic mass is 32.2. The second kappa shape index (κ2) is 8.97. The Bertz CT molecular complexity index is 582. The summed E-state index contributed by atoms with van der Waals surface area (Å²) in [6.07, 6.45) is 3.40. The largest absolute Gasteiger partial charge is 0.356 e. The minimum absolute atomic E-state index is 0.0513. The van der Waals surface area contributed by atoms with Crippen molar-refractivity contribution in [1.29, 1.82) is 0 Å². The minimum atomic E-state index is -0.0513. The monoisotopic (exact) mass is 348 g/mol. The van der Waals surface area contributed by atoms with Crippen LogP contribution in [0.15, 0.2) is 29.3 Å². The molecule has 1 saturated heterocycles. The molecule has 1 aliphatic heterocycles. The molecule has 1 unspecified atom stereocenters. The van der Waals surface area contributed by atoms with E-state index in [-0.39, 0.29) is 5.91 Å². The number of carbonyl (C=O) groups is 1. The molecular formula is C18H28N4OS. The third-order valence-electron chi connectivity index (χ3n) is 4.28. The number of carbonyl (C=O) groups excluding carboxylic acids is 1. The highest BCUT2D eigenvalue weighted by Crippen LogP contribution is 2.36. The molecule has 1 atom stereocenters. The van der Waals surface area contributed by atoms with Gasteiger partial charge in [0.05, 0.1) is 0 Å². The van der Waals surface area contributed by atoms with E-state index < -0.39 is 0 Å². The molecule has 1 aliphatic rings. The van der Waals surface area contributed by atoms with Gasteiger partial charge in [-0.2, -0.15) is 11.8 Å². The highest BCUT2D eigenvalue weighted by Gasteiger charge is 2.29. The van der Waals surface area contributed by atoms with Crippen LogP contribution in [0.5, 0.6) is 0 Å². The van der Waals surface area contributed by atoms with Crippen molar-refractivity contribution >= 4 is 23.6 Å². The Labute approximate surface area is 149 Å². The number of hydrogen-bond acceptors (Lipinski definition) is 3. The van der Waals surface area contributed by atoms with Gasteiger partial charge in [0, 0.05) is 37.5 Å². The Balaban J connectivity index is 1.78. The van der Waals surface area contributed by atoms with Crippen LogP contribution in [0.25, 0.3) is 0 Å². The van der Waals surface area contributed by atoms with Gasteiger partial charge in [0.25, 0.3) is 5.91 Å². The summed E-state index contributed by atoms with van der Waals surface area (Å²) in [6.45, 7) is 4.03. The van der Waals surface area contributed by atoms with Gasteiger partial charge in [-0.05, 0) is 49.6 Å². The second-order valence-electron chi connectivity index (χ2n) is 6.28. The predicted octanol–water partition coefficient (Wildman–Crippen LogP) is 2.04. The lowest BCUT2D eigenvalue weighted by Crippen LogP contribution is -2.44. The molecule has 0 aromatic heterocycles. The lowest BCUT2D eigenvalue weighted by Gasteiger charge is -2.24. The number of nitrogens with one attached hydrogen (secondary N) is 3. The minimum Gasteiger partial charge on any atom is -0.356 e. The Hall–Kier alpha value is -1.69. The summed E-state index contributed by atoms with van der Waals surface area (Å²) >= 11 is 2.04. The van der Waals surface area contributed by atoms with Gasteiger partial charge in [-0.15, -0.1) is 0 Å². The summed E-state index contributed by atoms with van der Waals surface area (Å²) in [5.74, 6) is 2.04. The van der Waals surface area contributed by atoms with E-state index in [0.29, 0.717) is 10.3 Å². The summed E-state index contributed by atoms with van der Waals surface area (Å²) < 4.78 is 0.319. The van der Waals surface area contributed by atoms with Crippen molar-refractivity contribution in [2.75, 3.05) is 32.9 Å². The van der Waals surface area contributed by atoms with Gasteiger partial charge in [-0.25, -0.2) is 0 Å². The lowest BCUT2D eigenvalue weighted by molar-refractivity contribution is 0.0963. The molecule has 1 heterocycles. The van der Waals surface area contributed by atoms with Gasteiger partial charge in [-0.3, -0.25) is 9.79 Å². The summed E-state index contributed by atoms with van der Waals surface area (Å²) in [6, 6.07) is 7.73. The molecule has 2 rings (SSSR count). The number of aliphatic imine (C=N–C) groups is 1. The molecule has 1 aromatic carbocycles. The zero-order chi connectivity index (χ0) is 17.4. The van der Waals surface area contributed by atoms with E-state index in [1.807, 2.05) is 36.0 Å². The maximum atomic E-state index is 11.7. The molecule has 1 amide bonds. The average molecular weight is 349 g/mol. The quantitative estimate of drug-likeness (QED) is 0.544. The summed E-state index contributed by atoms with van der Waals surface area (Å²) in [5.41, 5.74) is 1.83. The summed E-state index contributed by atoms with van der Waals surface area (Å²) in [4.78, 5) is 16.0. The van der Waals surface area contributed by atoms with Crippen molar-refractivity contribution in [1.82, 2.24) is 16.0 Å². The number of nitrogens with zero attached hydrogens (tertiary/aromatic N) is 1. The highest BCUT2D eigenvalue weighted by molar-refractivity contribution is 8.00. The molecular weight excluding hydrogens is 320 g/mol. The fraction of sp³-hybridized carbons (Fsp3) is 0.556. The van der Waals surface area contributed by atoms with Gasteiger partial charge in [-0.1, -0.05) is 12.1 Å². The zero-order valence-electron chi connectivity index (χ0n) is 14.8. The zero-order valence-corrected chi connectivity index (χ0v) is 15.6. The van der Waals surface area contributed by atoms with Crippen LogP contribution in [-0.2, 0) is 6.42 Å². The van der Waals surface area contributed by atoms with E-state index in [1.54, 1.807) is 14.1 Å². The molecule has 132 valence electrons. The van der Waals surface area contributed by atoms with Gasteiger partial charge in [0.15, 0.2) is 5.96 Å². The van der Waals surface area contributed by atoms with Gasteiger partial charge in [0.1, 0.15) is 0 Å². The fourth-order valence-electron chi connectivity index (χ4n) is 2.81. The first kappa shape index (κ1) is 18.6. The first-order valence-electron chi connectivity index (χ1n) is 8.46. The van der Waals surface area contributed by atoms with Crippen LogP contribution in [-0.4, -0.2) is 49.6 Å². The number of amides is 1. The molecule has 0 radical (unpaired) electrons. The second-order valence-corrected chi connectivity index (χ2v) is 7.97. The van der Waals surface area contributed by atoms with E-state index in [2.05, 4.69) is 27.9 Å². The Kier molecular flexibility index (Phi) is 6.97. The normalized spacial score (nSPS) is 20.7. The Morgan fingerprint density at radius 1 is 1.38 bits per heavy atom. The van der Waals surface area contributed by atoms with E-state index in [9.17, 15) is 4.79 Å². The standard InChI is InChI=1S/C18H28N4OS/c1-18(9-5-11-24-18)13-22-17(20-3)21-10-8-14-6-4-7-15(12-14)16(23)19-2/h4,6-7,12H,5,8-11,13H2,1-3H3,(H,19,23)(H2,20,21,22). The SMILES string of the molecule is CN=C(NCCc1cccc(C(=O)NC)c1)NCC1(C)CCCS1. The number of hydrogen-bond donors (Lipinski definition) is 3. The smallest absolute Gasteiger partial charge is 0.251 e. The van der Waals surface area contributed by atoms with Gasteiger partial charge >= 0.3 is 0 Å². The predicted molar refractivity (Wildman–Crippen MR) is 103 cm³/mol. The molecule has 3 N–H and O–H groups in total. The number of thioether (sulfide) groups is 1. The molecule has 0 aliphatic carbocycles. The molecule has 0 saturated carbocycles. The third-order valence-corrected chi connectivity index (χ3v) is 5.81. The van der Waals surface area contributed by atoms with Crippen LogP contribution in [0.4, 0.5) is 0 Å². The van der Waals surface area contributed by atoms with Crippen LogP contribution in [0.2, 0.25) is 0 Å². The van der Waals surface area contributed by atoms with Crippen molar-refractivity contribution in [2.45, 2.75) is 30.9 Å². The summed E-state index contributed by atoms with van der Waals surface area (Å²) in [7, 11) is 3.45. The van der Waals surface area contributed by atoms with Crippen molar-refractivity contribution in [3.05, 3.63) is 35.4 Å². The van der Waals surface area contributed by atoms with E-state index in [0.717, 1.165) is 31.0 Å². The topological polar surface area (TPSA) is 65.5 Å². The van der Waals surface area contributed by atoms with E-state index in [1.165, 1.54) is 18.6 Å². The molecule has 0 spiro atoms. The van der Waals surface area contributed by atoms with Crippen LogP contribution in [0.3, 0.4) is 0 Å². The van der Waals surface area contributed by atoms with Gasteiger partial charge in [0.2, 0.25) is 0 Å². The number of rotatable bonds is 6. The third kappa shape index (κ3) is 5.44. The molecule has 6 heteroatoms. The summed E-state index contributed by atoms with van der Waals surface area (Å²) in [5, 5.41) is 9.43. The molecule has 5 nitrogen and oxygen atoms in total. The molecule has 1 fully saturated rings. The van der Waals surface area contributed by atoms with Gasteiger partial charge < -0.3 is 16.0 Å². The van der Waals surface area contributed by atoms with Crippen LogP contribution < -0.4 is 16.0 Å². The fourth-order valence-corrected chi connectivity index (χ4v) is 4.05. The molecule has 0 bridgehead atoms. The molecule has 1 aromatic rings. The maximum Gasteiger partial charge on any atom is 0.251 e. The average Bonchev–Trinajstić information content (AvgIpc) is 3.04. The Morgan fingerprint density at radius 2 is 2.21 bits per heavy atom. The Morgan fingerprint density at radius 3 is 2.88 bits per heavy atom. The first-order chi connectivity index (χ1) is 11.6.